The Labute approximate surface area is 107 Å². The lowest BCUT2D eigenvalue weighted by atomic mass is 10.3. The van der Waals surface area contributed by atoms with Crippen LogP contribution in [0.4, 0.5) is 11.9 Å². The molecule has 1 saturated heterocycles. The number of nitrogens with two attached hydrogens (primary N) is 1. The Bertz CT molecular complexity index is 391. The van der Waals surface area contributed by atoms with E-state index < -0.39 is 0 Å². The zero-order chi connectivity index (χ0) is 13.0. The quantitative estimate of drug-likeness (QED) is 0.807. The molecule has 2 heterocycles. The van der Waals surface area contributed by atoms with Gasteiger partial charge in [0.15, 0.2) is 0 Å². The summed E-state index contributed by atoms with van der Waals surface area (Å²) >= 11 is 0. The van der Waals surface area contributed by atoms with Gasteiger partial charge in [-0.05, 0) is 13.0 Å². The first-order valence-corrected chi connectivity index (χ1v) is 6.25. The number of hydrogen-bond donors (Lipinski definition) is 1. The van der Waals surface area contributed by atoms with Crippen molar-refractivity contribution in [2.45, 2.75) is 13.3 Å². The molecule has 0 amide bonds. The molecule has 7 heteroatoms. The van der Waals surface area contributed by atoms with Crippen molar-refractivity contribution in [3.05, 3.63) is 0 Å². The lowest BCUT2D eigenvalue weighted by molar-refractivity contribution is 0.257. The van der Waals surface area contributed by atoms with Gasteiger partial charge in [-0.3, -0.25) is 4.90 Å². The molecule has 0 bridgehead atoms. The van der Waals surface area contributed by atoms with Gasteiger partial charge in [0.1, 0.15) is 0 Å². The van der Waals surface area contributed by atoms with Crippen molar-refractivity contribution in [1.82, 2.24) is 19.9 Å². The molecular formula is C11H20N6O. The molecule has 7 nitrogen and oxygen atoms in total. The Morgan fingerprint density at radius 1 is 1.17 bits per heavy atom. The van der Waals surface area contributed by atoms with E-state index >= 15 is 0 Å². The van der Waals surface area contributed by atoms with Crippen molar-refractivity contribution in [3.8, 4) is 6.01 Å². The largest absolute Gasteiger partial charge is 0.467 e. The van der Waals surface area contributed by atoms with E-state index in [1.807, 2.05) is 0 Å². The summed E-state index contributed by atoms with van der Waals surface area (Å²) in [4.78, 5) is 16.8. The summed E-state index contributed by atoms with van der Waals surface area (Å²) in [5, 5.41) is 0. The molecule has 0 saturated carbocycles. The van der Waals surface area contributed by atoms with E-state index in [-0.39, 0.29) is 12.0 Å². The molecule has 1 aromatic rings. The highest BCUT2D eigenvalue weighted by molar-refractivity contribution is 5.36. The third-order valence-corrected chi connectivity index (χ3v) is 3.00. The number of methoxy groups -OCH3 is 1. The predicted octanol–water partition coefficient (Wildman–Crippen LogP) is -0.00560. The molecule has 1 aromatic heterocycles. The van der Waals surface area contributed by atoms with Crippen LogP contribution < -0.4 is 15.4 Å². The van der Waals surface area contributed by atoms with E-state index in [1.54, 1.807) is 0 Å². The normalized spacial score (nSPS) is 16.9. The van der Waals surface area contributed by atoms with E-state index in [9.17, 15) is 0 Å². The van der Waals surface area contributed by atoms with Crippen LogP contribution in [0.3, 0.4) is 0 Å². The fraction of sp³-hybridized carbons (Fsp3) is 0.727. The third-order valence-electron chi connectivity index (χ3n) is 3.00. The van der Waals surface area contributed by atoms with Crippen molar-refractivity contribution >= 4 is 11.9 Å². The van der Waals surface area contributed by atoms with Gasteiger partial charge in [-0.15, -0.1) is 0 Å². The highest BCUT2D eigenvalue weighted by Gasteiger charge is 2.19. The summed E-state index contributed by atoms with van der Waals surface area (Å²) in [5.74, 6) is 0.809. The highest BCUT2D eigenvalue weighted by Crippen LogP contribution is 2.15. The summed E-state index contributed by atoms with van der Waals surface area (Å²) in [5.41, 5.74) is 5.64. The summed E-state index contributed by atoms with van der Waals surface area (Å²) in [7, 11) is 1.53. The average Bonchev–Trinajstić information content (AvgIpc) is 2.39. The van der Waals surface area contributed by atoms with Crippen LogP contribution in [0.1, 0.15) is 13.3 Å². The van der Waals surface area contributed by atoms with Crippen molar-refractivity contribution in [2.75, 3.05) is 50.5 Å². The maximum Gasteiger partial charge on any atom is 0.322 e. The first kappa shape index (κ1) is 12.8. The van der Waals surface area contributed by atoms with Crippen LogP contribution in [0.5, 0.6) is 6.01 Å². The Kier molecular flexibility index (Phi) is 4.14. The molecule has 0 aliphatic carbocycles. The minimum atomic E-state index is 0.202. The molecule has 1 fully saturated rings. The molecule has 0 aromatic carbocycles. The van der Waals surface area contributed by atoms with Crippen molar-refractivity contribution < 1.29 is 4.74 Å². The van der Waals surface area contributed by atoms with Gasteiger partial charge in [0, 0.05) is 26.2 Å². The van der Waals surface area contributed by atoms with E-state index in [1.165, 1.54) is 13.5 Å². The van der Waals surface area contributed by atoms with E-state index in [4.69, 9.17) is 10.5 Å². The molecule has 100 valence electrons. The zero-order valence-corrected chi connectivity index (χ0v) is 11.0. The number of hydrogen-bond acceptors (Lipinski definition) is 7. The van der Waals surface area contributed by atoms with Crippen molar-refractivity contribution in [1.29, 1.82) is 0 Å². The molecule has 1 aliphatic rings. The van der Waals surface area contributed by atoms with Crippen LogP contribution in [-0.2, 0) is 0 Å². The van der Waals surface area contributed by atoms with Gasteiger partial charge in [0.2, 0.25) is 11.9 Å². The van der Waals surface area contributed by atoms with Gasteiger partial charge >= 0.3 is 6.01 Å². The number of ether oxygens (including phenoxy) is 1. The van der Waals surface area contributed by atoms with Crippen LogP contribution in [0.15, 0.2) is 0 Å². The van der Waals surface area contributed by atoms with Crippen molar-refractivity contribution in [3.63, 3.8) is 0 Å². The van der Waals surface area contributed by atoms with Gasteiger partial charge in [-0.1, -0.05) is 6.92 Å². The lowest BCUT2D eigenvalue weighted by Crippen LogP contribution is -2.47. The van der Waals surface area contributed by atoms with Gasteiger partial charge in [-0.25, -0.2) is 0 Å². The second kappa shape index (κ2) is 5.81. The summed E-state index contributed by atoms with van der Waals surface area (Å²) in [6.45, 7) is 7.23. The molecule has 1 aliphatic heterocycles. The molecule has 18 heavy (non-hydrogen) atoms. The fourth-order valence-electron chi connectivity index (χ4n) is 2.08. The van der Waals surface area contributed by atoms with Crippen LogP contribution in [0.25, 0.3) is 0 Å². The number of aromatic nitrogens is 3. The molecular weight excluding hydrogens is 232 g/mol. The molecule has 0 atom stereocenters. The van der Waals surface area contributed by atoms with Gasteiger partial charge in [0.25, 0.3) is 0 Å². The second-order valence-corrected chi connectivity index (χ2v) is 4.31. The number of rotatable bonds is 4. The molecule has 2 rings (SSSR count). The number of nitrogen functional groups attached to an aromatic ring is 1. The molecule has 0 spiro atoms. The van der Waals surface area contributed by atoms with Crippen LogP contribution in [0.2, 0.25) is 0 Å². The topological polar surface area (TPSA) is 80.4 Å². The minimum Gasteiger partial charge on any atom is -0.467 e. The molecule has 0 unspecified atom stereocenters. The molecule has 2 N–H and O–H groups in total. The highest BCUT2D eigenvalue weighted by atomic mass is 16.5. The zero-order valence-electron chi connectivity index (χ0n) is 11.0. The number of piperazine rings is 1. The third kappa shape index (κ3) is 2.98. The maximum absolute atomic E-state index is 5.64. The minimum absolute atomic E-state index is 0.202. The maximum atomic E-state index is 5.64. The SMILES string of the molecule is CCCN1CCN(c2nc(N)nc(OC)n2)CC1. The van der Waals surface area contributed by atoms with E-state index in [2.05, 4.69) is 31.7 Å². The van der Waals surface area contributed by atoms with Gasteiger partial charge in [0.05, 0.1) is 7.11 Å². The van der Waals surface area contributed by atoms with Crippen LogP contribution in [-0.4, -0.2) is 59.7 Å². The standard InChI is InChI=1S/C11H20N6O/c1-3-4-16-5-7-17(8-6-16)10-13-9(12)14-11(15-10)18-2/h3-8H2,1-2H3,(H2,12,13,14,15). The Morgan fingerprint density at radius 3 is 2.50 bits per heavy atom. The van der Waals surface area contributed by atoms with Gasteiger partial charge < -0.3 is 15.4 Å². The lowest BCUT2D eigenvalue weighted by Gasteiger charge is -2.34. The Balaban J connectivity index is 2.02. The summed E-state index contributed by atoms with van der Waals surface area (Å²) in [6, 6.07) is 0.272. The van der Waals surface area contributed by atoms with Crippen LogP contribution >= 0.6 is 0 Å². The average molecular weight is 252 g/mol. The second-order valence-electron chi connectivity index (χ2n) is 4.31. The first-order valence-electron chi connectivity index (χ1n) is 6.25. The van der Waals surface area contributed by atoms with Crippen LogP contribution in [0, 0.1) is 0 Å². The Morgan fingerprint density at radius 2 is 1.89 bits per heavy atom. The summed E-state index contributed by atoms with van der Waals surface area (Å²) < 4.78 is 5.01. The summed E-state index contributed by atoms with van der Waals surface area (Å²) in [6.07, 6.45) is 1.19. The number of nitrogens with zero attached hydrogens (tertiary/aromatic N) is 5. The van der Waals surface area contributed by atoms with E-state index in [0.29, 0.717) is 5.95 Å². The predicted molar refractivity (Wildman–Crippen MR) is 69.7 cm³/mol. The smallest absolute Gasteiger partial charge is 0.322 e. The first-order chi connectivity index (χ1) is 8.72. The molecule has 0 radical (unpaired) electrons. The van der Waals surface area contributed by atoms with E-state index in [0.717, 1.165) is 32.7 Å². The monoisotopic (exact) mass is 252 g/mol. The number of anilines is 2. The fourth-order valence-corrected chi connectivity index (χ4v) is 2.08. The van der Waals surface area contributed by atoms with Gasteiger partial charge in [-0.2, -0.15) is 15.0 Å². The van der Waals surface area contributed by atoms with Crippen molar-refractivity contribution in [2.24, 2.45) is 0 Å². The Hall–Kier alpha value is -1.63.